The van der Waals surface area contributed by atoms with Gasteiger partial charge in [0.15, 0.2) is 6.29 Å². The molecule has 1 heterocycles. The maximum atomic E-state index is 13.1. The summed E-state index contributed by atoms with van der Waals surface area (Å²) >= 11 is 6.69. The minimum atomic E-state index is -4.40. The number of ether oxygens (including phenoxy) is 3. The van der Waals surface area contributed by atoms with E-state index in [9.17, 15) is 23.1 Å². The number of benzene rings is 4. The fourth-order valence-electron chi connectivity index (χ4n) is 7.46. The topological polar surface area (TPSA) is 81.1 Å². The molecule has 0 fully saturated rings. The lowest BCUT2D eigenvalue weighted by Gasteiger charge is -2.36. The van der Waals surface area contributed by atoms with Crippen molar-refractivity contribution in [3.63, 3.8) is 0 Å². The first-order valence-electron chi connectivity index (χ1n) is 21.0. The Morgan fingerprint density at radius 1 is 0.867 bits per heavy atom. The molecule has 4 aromatic carbocycles. The van der Waals surface area contributed by atoms with Gasteiger partial charge in [0, 0.05) is 35.4 Å². The van der Waals surface area contributed by atoms with Crippen LogP contribution in [-0.4, -0.2) is 47.3 Å². The normalized spacial score (nSPS) is 14.5. The van der Waals surface area contributed by atoms with Gasteiger partial charge in [0.25, 0.3) is 0 Å². The van der Waals surface area contributed by atoms with Crippen LogP contribution in [0.25, 0.3) is 11.1 Å². The molecule has 7 nitrogen and oxygen atoms in total. The van der Waals surface area contributed by atoms with Crippen LogP contribution in [-0.2, 0) is 41.5 Å². The van der Waals surface area contributed by atoms with Crippen molar-refractivity contribution >= 4 is 17.6 Å². The van der Waals surface area contributed by atoms with Crippen LogP contribution >= 0.6 is 11.6 Å². The van der Waals surface area contributed by atoms with Gasteiger partial charge in [-0.2, -0.15) is 13.2 Å². The summed E-state index contributed by atoms with van der Waals surface area (Å²) < 4.78 is 56.7. The van der Waals surface area contributed by atoms with Crippen molar-refractivity contribution in [2.24, 2.45) is 0 Å². The summed E-state index contributed by atoms with van der Waals surface area (Å²) in [5.41, 5.74) is 6.80. The van der Waals surface area contributed by atoms with E-state index in [-0.39, 0.29) is 18.6 Å². The molecule has 0 saturated heterocycles. The Morgan fingerprint density at radius 3 is 2.32 bits per heavy atom. The fourth-order valence-corrected chi connectivity index (χ4v) is 7.69. The third-order valence-corrected chi connectivity index (χ3v) is 11.3. The number of alkyl halides is 3. The largest absolute Gasteiger partial charge is 0.489 e. The third kappa shape index (κ3) is 12.2. The maximum absolute atomic E-state index is 13.1. The zero-order valence-corrected chi connectivity index (χ0v) is 35.1. The molecule has 1 aliphatic rings. The average Bonchev–Trinajstić information content (AvgIpc) is 3.26. The summed E-state index contributed by atoms with van der Waals surface area (Å²) in [4.78, 5) is 20.0. The summed E-state index contributed by atoms with van der Waals surface area (Å²) in [5.74, 6) is 0.440. The summed E-state index contributed by atoms with van der Waals surface area (Å²) in [6.07, 6.45) is 2.42. The number of carbonyl (C=O) groups is 1. The van der Waals surface area contributed by atoms with Crippen molar-refractivity contribution < 1.29 is 37.3 Å². The van der Waals surface area contributed by atoms with Gasteiger partial charge in [-0.05, 0) is 115 Å². The average molecular weight is 843 g/mol. The summed E-state index contributed by atoms with van der Waals surface area (Å²) in [7, 11) is 0. The first-order chi connectivity index (χ1) is 29.0. The number of nitrogens with zero attached hydrogens (tertiary/aromatic N) is 2. The number of pyridine rings is 1. The van der Waals surface area contributed by atoms with Crippen LogP contribution in [0.15, 0.2) is 103 Å². The number of halogens is 4. The predicted octanol–water partition coefficient (Wildman–Crippen LogP) is 11.9. The highest BCUT2D eigenvalue weighted by molar-refractivity contribution is 6.31. The van der Waals surface area contributed by atoms with Crippen LogP contribution < -0.4 is 4.74 Å². The lowest BCUT2D eigenvalue weighted by Crippen LogP contribution is -2.35. The van der Waals surface area contributed by atoms with Gasteiger partial charge in [-0.3, -0.25) is 9.88 Å². The van der Waals surface area contributed by atoms with Crippen LogP contribution in [0.5, 0.6) is 5.75 Å². The molecule has 0 radical (unpaired) electrons. The van der Waals surface area contributed by atoms with Gasteiger partial charge in [0.1, 0.15) is 12.4 Å². The van der Waals surface area contributed by atoms with Gasteiger partial charge in [-0.1, -0.05) is 99.0 Å². The van der Waals surface area contributed by atoms with Crippen molar-refractivity contribution in [3.8, 4) is 16.9 Å². The molecule has 0 aliphatic heterocycles. The van der Waals surface area contributed by atoms with Crippen LogP contribution in [0.4, 0.5) is 13.2 Å². The summed E-state index contributed by atoms with van der Waals surface area (Å²) in [5, 5.41) is 11.2. The molecule has 2 atom stereocenters. The first-order valence-corrected chi connectivity index (χ1v) is 21.4. The van der Waals surface area contributed by atoms with Crippen molar-refractivity contribution in [3.05, 3.63) is 153 Å². The summed E-state index contributed by atoms with van der Waals surface area (Å²) in [6, 6.07) is 30.2. The van der Waals surface area contributed by atoms with E-state index in [1.807, 2.05) is 60.7 Å². The summed E-state index contributed by atoms with van der Waals surface area (Å²) in [6.45, 7) is 6.75. The van der Waals surface area contributed by atoms with Crippen LogP contribution in [0.3, 0.4) is 0 Å². The number of fused-ring (bicyclic) bond motifs is 1. The fraction of sp³-hybridized carbons (Fsp3) is 0.388. The number of rotatable bonds is 20. The number of aromatic nitrogens is 1. The second-order valence-electron chi connectivity index (χ2n) is 15.3. The second-order valence-corrected chi connectivity index (χ2v) is 15.7. The number of aryl methyl sites for hydroxylation is 1. The molecule has 0 saturated carbocycles. The van der Waals surface area contributed by atoms with Gasteiger partial charge in [-0.15, -0.1) is 0 Å². The van der Waals surface area contributed by atoms with Crippen molar-refractivity contribution in [1.82, 2.24) is 9.88 Å². The number of esters is 1. The number of hydrogen-bond donors (Lipinski definition) is 1. The molecular formula is C49H54ClF3N2O5. The van der Waals surface area contributed by atoms with Gasteiger partial charge >= 0.3 is 12.1 Å². The van der Waals surface area contributed by atoms with E-state index in [0.29, 0.717) is 47.0 Å². The van der Waals surface area contributed by atoms with E-state index in [1.165, 1.54) is 12.1 Å². The standard InChI is InChI=1S/C49H54ClF3N2O5/c1-3-5-30-58-47(56)37-16-14-34(15-17-37)26-28-55(45-12-9-11-43-41(45)24-25-44(54-43)48(57)59-31-6-4-2)29-27-36-10-7-8-13-46(36)60-33-39-19-18-38(32-42(39)50)35-20-22-40(23-21-35)49(51,52)53/h7-8,10,13-25,32,45,48,57H,3-6,9,11-12,26-31,33H2,1-2H3/t45-,48?/m0/s1. The van der Waals surface area contributed by atoms with Crippen molar-refractivity contribution in [1.29, 1.82) is 0 Å². The molecule has 0 bridgehead atoms. The molecule has 318 valence electrons. The Labute approximate surface area is 356 Å². The maximum Gasteiger partial charge on any atom is 0.416 e. The smallest absolute Gasteiger partial charge is 0.416 e. The molecular weight excluding hydrogens is 789 g/mol. The molecule has 1 aromatic heterocycles. The Bertz CT molecular complexity index is 2150. The zero-order chi connectivity index (χ0) is 42.5. The highest BCUT2D eigenvalue weighted by Gasteiger charge is 2.30. The number of hydrogen-bond acceptors (Lipinski definition) is 7. The number of para-hydroxylation sites is 1. The molecule has 11 heteroatoms. The monoisotopic (exact) mass is 842 g/mol. The Morgan fingerprint density at radius 2 is 1.58 bits per heavy atom. The minimum absolute atomic E-state index is 0.108. The second kappa shape index (κ2) is 21.7. The predicted molar refractivity (Wildman–Crippen MR) is 229 cm³/mol. The molecule has 60 heavy (non-hydrogen) atoms. The highest BCUT2D eigenvalue weighted by atomic mass is 35.5. The molecule has 5 aromatic rings. The quantitative estimate of drug-likeness (QED) is 0.0475. The highest BCUT2D eigenvalue weighted by Crippen LogP contribution is 2.36. The SMILES string of the molecule is CCCCOC(=O)c1ccc(CCN(CCc2ccccc2OCc2ccc(-c3ccc(C(F)(F)F)cc3)cc2Cl)[C@H]2CCCc3nc(C(O)OCCCC)ccc32)cc1. The van der Waals surface area contributed by atoms with Crippen molar-refractivity contribution in [2.75, 3.05) is 26.3 Å². The molecule has 1 unspecified atom stereocenters. The number of aliphatic hydroxyl groups is 1. The van der Waals surface area contributed by atoms with Gasteiger partial charge in [-0.25, -0.2) is 4.79 Å². The van der Waals surface area contributed by atoms with E-state index < -0.39 is 18.0 Å². The van der Waals surface area contributed by atoms with Gasteiger partial charge in [0.2, 0.25) is 0 Å². The molecule has 1 aliphatic carbocycles. The van der Waals surface area contributed by atoms with E-state index >= 15 is 0 Å². The molecule has 1 N–H and O–H groups in total. The first kappa shape index (κ1) is 44.8. The zero-order valence-electron chi connectivity index (χ0n) is 34.4. The van der Waals surface area contributed by atoms with Gasteiger partial charge < -0.3 is 19.3 Å². The molecule has 6 rings (SSSR count). The van der Waals surface area contributed by atoms with Gasteiger partial charge in [0.05, 0.1) is 30.0 Å². The van der Waals surface area contributed by atoms with Crippen LogP contribution in [0, 0.1) is 0 Å². The third-order valence-electron chi connectivity index (χ3n) is 11.0. The minimum Gasteiger partial charge on any atom is -0.489 e. The number of aliphatic hydroxyl groups excluding tert-OH is 1. The lowest BCUT2D eigenvalue weighted by atomic mass is 9.89. The Balaban J connectivity index is 1.17. The molecule has 0 amide bonds. The van der Waals surface area contributed by atoms with E-state index in [2.05, 4.69) is 30.9 Å². The van der Waals surface area contributed by atoms with E-state index in [1.54, 1.807) is 6.07 Å². The van der Waals surface area contributed by atoms with Crippen molar-refractivity contribution in [2.45, 2.75) is 96.7 Å². The Kier molecular flexibility index (Phi) is 16.2. The Hall–Kier alpha value is -4.74. The lowest BCUT2D eigenvalue weighted by molar-refractivity contribution is -0.137. The molecule has 0 spiro atoms. The van der Waals surface area contributed by atoms with Crippen LogP contribution in [0.2, 0.25) is 5.02 Å². The van der Waals surface area contributed by atoms with Crippen LogP contribution in [0.1, 0.15) is 114 Å². The number of carbonyl (C=O) groups excluding carboxylic acids is 1. The number of unbranched alkanes of at least 4 members (excludes halogenated alkanes) is 2. The van der Waals surface area contributed by atoms with E-state index in [4.69, 9.17) is 30.8 Å². The van der Waals surface area contributed by atoms with E-state index in [0.717, 1.165) is 110 Å².